The highest BCUT2D eigenvalue weighted by Gasteiger charge is 2.08. The first-order valence-corrected chi connectivity index (χ1v) is 7.64. The molecule has 0 fully saturated rings. The fourth-order valence-corrected chi connectivity index (χ4v) is 2.06. The van der Waals surface area contributed by atoms with Gasteiger partial charge in [-0.15, -0.1) is 0 Å². The van der Waals surface area contributed by atoms with Gasteiger partial charge in [-0.2, -0.15) is 0 Å². The van der Waals surface area contributed by atoms with Gasteiger partial charge in [0.05, 0.1) is 6.61 Å². The van der Waals surface area contributed by atoms with Gasteiger partial charge < -0.3 is 9.72 Å². The van der Waals surface area contributed by atoms with Crippen molar-refractivity contribution in [1.82, 2.24) is 9.97 Å². The van der Waals surface area contributed by atoms with E-state index in [1.54, 1.807) is 0 Å². The Bertz CT molecular complexity index is 505. The maximum atomic E-state index is 11.6. The van der Waals surface area contributed by atoms with E-state index in [0.29, 0.717) is 6.61 Å². The topological polar surface area (TPSA) is 92.0 Å². The molecule has 0 saturated carbocycles. The van der Waals surface area contributed by atoms with Crippen molar-refractivity contribution in [2.75, 3.05) is 6.61 Å². The molecule has 0 saturated heterocycles. The second-order valence-electron chi connectivity index (χ2n) is 5.11. The van der Waals surface area contributed by atoms with Gasteiger partial charge in [0.15, 0.2) is 0 Å². The van der Waals surface area contributed by atoms with Crippen molar-refractivity contribution >= 4 is 5.97 Å². The van der Waals surface area contributed by atoms with Crippen LogP contribution >= 0.6 is 0 Å². The van der Waals surface area contributed by atoms with E-state index in [4.69, 9.17) is 4.74 Å². The number of H-pyrrole nitrogens is 2. The summed E-state index contributed by atoms with van der Waals surface area (Å²) in [6.07, 6.45) is 9.28. The molecule has 0 radical (unpaired) electrons. The fourth-order valence-electron chi connectivity index (χ4n) is 2.06. The normalized spacial score (nSPS) is 10.5. The highest BCUT2D eigenvalue weighted by Crippen LogP contribution is 2.08. The molecule has 2 N–H and O–H groups in total. The summed E-state index contributed by atoms with van der Waals surface area (Å²) < 4.78 is 5.02. The summed E-state index contributed by atoms with van der Waals surface area (Å²) in [5.74, 6) is -0.666. The molecule has 21 heavy (non-hydrogen) atoms. The largest absolute Gasteiger partial charge is 0.461 e. The van der Waals surface area contributed by atoms with Gasteiger partial charge in [0, 0.05) is 6.07 Å². The number of hydrogen-bond acceptors (Lipinski definition) is 4. The van der Waals surface area contributed by atoms with Crippen LogP contribution in [0.1, 0.15) is 68.8 Å². The van der Waals surface area contributed by atoms with E-state index >= 15 is 0 Å². The SMILES string of the molecule is CCCCCCCCCCOC(=O)c1cc(=O)[nH]c(=O)[nH]1. The van der Waals surface area contributed by atoms with Gasteiger partial charge in [-0.25, -0.2) is 9.59 Å². The van der Waals surface area contributed by atoms with Crippen molar-refractivity contribution in [2.45, 2.75) is 58.3 Å². The summed E-state index contributed by atoms with van der Waals surface area (Å²) in [4.78, 5) is 37.9. The van der Waals surface area contributed by atoms with Crippen molar-refractivity contribution < 1.29 is 9.53 Å². The Hall–Kier alpha value is -1.85. The summed E-state index contributed by atoms with van der Waals surface area (Å²) in [7, 11) is 0. The van der Waals surface area contributed by atoms with E-state index < -0.39 is 17.2 Å². The average molecular weight is 296 g/mol. The van der Waals surface area contributed by atoms with Crippen molar-refractivity contribution in [3.63, 3.8) is 0 Å². The smallest absolute Gasteiger partial charge is 0.355 e. The summed E-state index contributed by atoms with van der Waals surface area (Å²) in [5.41, 5.74) is -1.43. The Kier molecular flexibility index (Phi) is 8.16. The first-order chi connectivity index (χ1) is 10.1. The maximum absolute atomic E-state index is 11.6. The fraction of sp³-hybridized carbons (Fsp3) is 0.667. The van der Waals surface area contributed by atoms with Crippen LogP contribution in [0.15, 0.2) is 15.7 Å². The zero-order valence-corrected chi connectivity index (χ0v) is 12.6. The van der Waals surface area contributed by atoms with Crippen molar-refractivity contribution in [3.05, 3.63) is 32.6 Å². The molecular weight excluding hydrogens is 272 g/mol. The van der Waals surface area contributed by atoms with Crippen LogP contribution in [0.25, 0.3) is 0 Å². The average Bonchev–Trinajstić information content (AvgIpc) is 2.44. The number of aromatic nitrogens is 2. The van der Waals surface area contributed by atoms with Crippen molar-refractivity contribution in [2.24, 2.45) is 0 Å². The Morgan fingerprint density at radius 2 is 1.62 bits per heavy atom. The molecule has 0 aromatic carbocycles. The first kappa shape index (κ1) is 17.2. The number of carbonyl (C=O) groups excluding carboxylic acids is 1. The molecule has 1 heterocycles. The predicted octanol–water partition coefficient (Wildman–Crippen LogP) is 2.36. The van der Waals surface area contributed by atoms with Crippen LogP contribution in [0.3, 0.4) is 0 Å². The zero-order valence-electron chi connectivity index (χ0n) is 12.6. The number of ether oxygens (including phenoxy) is 1. The molecule has 1 aromatic rings. The van der Waals surface area contributed by atoms with Gasteiger partial charge in [-0.05, 0) is 6.42 Å². The molecule has 1 aromatic heterocycles. The standard InChI is InChI=1S/C15H24N2O4/c1-2-3-4-5-6-7-8-9-10-21-14(19)12-11-13(18)17-15(20)16-12/h11H,2-10H2,1H3,(H2,16,17,18,20). The van der Waals surface area contributed by atoms with Gasteiger partial charge in [0.2, 0.25) is 0 Å². The van der Waals surface area contributed by atoms with Crippen LogP contribution in [0.4, 0.5) is 0 Å². The Morgan fingerprint density at radius 1 is 1.00 bits per heavy atom. The van der Waals surface area contributed by atoms with E-state index in [-0.39, 0.29) is 5.69 Å². The molecule has 0 aliphatic heterocycles. The minimum Gasteiger partial charge on any atom is -0.461 e. The quantitative estimate of drug-likeness (QED) is 0.512. The number of rotatable bonds is 10. The monoisotopic (exact) mass is 296 g/mol. The summed E-state index contributed by atoms with van der Waals surface area (Å²) in [5, 5.41) is 0. The van der Waals surface area contributed by atoms with Crippen LogP contribution in [0, 0.1) is 0 Å². The Morgan fingerprint density at radius 3 is 2.24 bits per heavy atom. The third-order valence-electron chi connectivity index (χ3n) is 3.21. The second kappa shape index (κ2) is 9.96. The van der Waals surface area contributed by atoms with Gasteiger partial charge in [0.1, 0.15) is 5.69 Å². The van der Waals surface area contributed by atoms with E-state index in [0.717, 1.165) is 25.3 Å². The number of aromatic amines is 2. The van der Waals surface area contributed by atoms with Crippen LogP contribution in [-0.2, 0) is 4.74 Å². The molecule has 0 spiro atoms. The molecule has 0 aliphatic rings. The maximum Gasteiger partial charge on any atom is 0.355 e. The highest BCUT2D eigenvalue weighted by molar-refractivity contribution is 5.86. The van der Waals surface area contributed by atoms with Crippen LogP contribution in [-0.4, -0.2) is 22.5 Å². The van der Waals surface area contributed by atoms with Crippen LogP contribution < -0.4 is 11.2 Å². The number of carbonyl (C=O) groups is 1. The molecular formula is C15H24N2O4. The lowest BCUT2D eigenvalue weighted by molar-refractivity contribution is 0.0490. The molecule has 6 heteroatoms. The number of hydrogen-bond donors (Lipinski definition) is 2. The number of nitrogens with one attached hydrogen (secondary N) is 2. The van der Waals surface area contributed by atoms with Crippen LogP contribution in [0.5, 0.6) is 0 Å². The van der Waals surface area contributed by atoms with Crippen molar-refractivity contribution in [1.29, 1.82) is 0 Å². The summed E-state index contributed by atoms with van der Waals surface area (Å²) in [6, 6.07) is 1.03. The second-order valence-corrected chi connectivity index (χ2v) is 5.11. The minimum atomic E-state index is -0.707. The third kappa shape index (κ3) is 7.48. The van der Waals surface area contributed by atoms with Gasteiger partial charge in [-0.1, -0.05) is 51.9 Å². The van der Waals surface area contributed by atoms with E-state index in [9.17, 15) is 14.4 Å². The first-order valence-electron chi connectivity index (χ1n) is 7.64. The van der Waals surface area contributed by atoms with E-state index in [2.05, 4.69) is 11.9 Å². The molecule has 6 nitrogen and oxygen atoms in total. The van der Waals surface area contributed by atoms with Gasteiger partial charge in [-0.3, -0.25) is 9.78 Å². The molecule has 1 rings (SSSR count). The molecule has 0 aliphatic carbocycles. The highest BCUT2D eigenvalue weighted by atomic mass is 16.5. The number of esters is 1. The van der Waals surface area contributed by atoms with E-state index in [1.165, 1.54) is 32.1 Å². The Labute approximate surface area is 123 Å². The minimum absolute atomic E-state index is 0.108. The summed E-state index contributed by atoms with van der Waals surface area (Å²) >= 11 is 0. The lowest BCUT2D eigenvalue weighted by atomic mass is 10.1. The zero-order chi connectivity index (χ0) is 15.5. The van der Waals surface area contributed by atoms with Crippen molar-refractivity contribution in [3.8, 4) is 0 Å². The number of unbranched alkanes of at least 4 members (excludes halogenated alkanes) is 7. The molecule has 118 valence electrons. The van der Waals surface area contributed by atoms with Gasteiger partial charge >= 0.3 is 11.7 Å². The third-order valence-corrected chi connectivity index (χ3v) is 3.21. The summed E-state index contributed by atoms with van der Waals surface area (Å²) in [6.45, 7) is 2.50. The van der Waals surface area contributed by atoms with Gasteiger partial charge in [0.25, 0.3) is 5.56 Å². The lowest BCUT2D eigenvalue weighted by Gasteiger charge is -2.04. The molecule has 0 amide bonds. The Balaban J connectivity index is 2.14. The van der Waals surface area contributed by atoms with E-state index in [1.807, 2.05) is 4.98 Å². The molecule has 0 unspecified atom stereocenters. The molecule has 0 bridgehead atoms. The molecule has 0 atom stereocenters. The lowest BCUT2D eigenvalue weighted by Crippen LogP contribution is -2.25. The van der Waals surface area contributed by atoms with Crippen LogP contribution in [0.2, 0.25) is 0 Å². The predicted molar refractivity (Wildman–Crippen MR) is 80.6 cm³/mol.